The summed E-state index contributed by atoms with van der Waals surface area (Å²) in [6.07, 6.45) is 0.00337. The summed E-state index contributed by atoms with van der Waals surface area (Å²) in [4.78, 5) is 25.1. The number of primary amides is 1. The molecule has 0 atom stereocenters. The van der Waals surface area contributed by atoms with Crippen LogP contribution in [-0.2, 0) is 15.0 Å². The van der Waals surface area contributed by atoms with Gasteiger partial charge in [0, 0.05) is 18.7 Å². The van der Waals surface area contributed by atoms with Crippen molar-refractivity contribution < 1.29 is 18.7 Å². The molecule has 0 aliphatic rings. The summed E-state index contributed by atoms with van der Waals surface area (Å²) in [6.45, 7) is 6.25. The van der Waals surface area contributed by atoms with Crippen LogP contribution < -0.4 is 15.4 Å². The van der Waals surface area contributed by atoms with E-state index in [0.717, 1.165) is 5.56 Å². The fourth-order valence-electron chi connectivity index (χ4n) is 2.51. The number of carbonyl (C=O) groups excluding carboxylic acids is 2. The molecular weight excluding hydrogens is 347 g/mol. The molecule has 144 valence electrons. The van der Waals surface area contributed by atoms with Crippen LogP contribution in [0.5, 0.6) is 5.75 Å². The lowest BCUT2D eigenvalue weighted by molar-refractivity contribution is -0.120. The Balaban J connectivity index is 2.06. The summed E-state index contributed by atoms with van der Waals surface area (Å²) >= 11 is 0. The molecule has 0 saturated carbocycles. The number of carbonyl (C=O) groups is 2. The first kappa shape index (κ1) is 20.4. The van der Waals surface area contributed by atoms with E-state index >= 15 is 0 Å². The van der Waals surface area contributed by atoms with Crippen LogP contribution in [0.1, 0.15) is 32.8 Å². The Morgan fingerprint density at radius 1 is 1.04 bits per heavy atom. The smallest absolute Gasteiger partial charge is 0.264 e. The number of hydrogen-bond acceptors (Lipinski definition) is 3. The quantitative estimate of drug-likeness (QED) is 0.809. The number of benzene rings is 2. The molecule has 6 heteroatoms. The fraction of sp³-hybridized carbons (Fsp3) is 0.333. The van der Waals surface area contributed by atoms with Crippen LogP contribution >= 0.6 is 0 Å². The number of ether oxygens (including phenoxy) is 1. The largest absolute Gasteiger partial charge is 0.484 e. The lowest BCUT2D eigenvalue weighted by Crippen LogP contribution is -2.37. The molecule has 0 fully saturated rings. The fourth-order valence-corrected chi connectivity index (χ4v) is 2.51. The Morgan fingerprint density at radius 3 is 2.15 bits per heavy atom. The minimum absolute atomic E-state index is 0.00337. The molecule has 0 aliphatic carbocycles. The normalized spacial score (nSPS) is 11.1. The van der Waals surface area contributed by atoms with Gasteiger partial charge in [-0.15, -0.1) is 0 Å². The van der Waals surface area contributed by atoms with Crippen molar-refractivity contribution in [3.05, 3.63) is 59.9 Å². The molecule has 2 aromatic rings. The maximum Gasteiger partial charge on any atom is 0.264 e. The van der Waals surface area contributed by atoms with Gasteiger partial charge < -0.3 is 15.4 Å². The SMILES string of the molecule is CC(C)(C)c1ccc(OCC(=O)N(CCC(N)=O)c2ccc(F)cc2)cc1. The summed E-state index contributed by atoms with van der Waals surface area (Å²) in [5.74, 6) is -0.696. The molecular formula is C21H25FN2O3. The van der Waals surface area contributed by atoms with Gasteiger partial charge >= 0.3 is 0 Å². The Labute approximate surface area is 158 Å². The molecule has 2 amide bonds. The zero-order valence-corrected chi connectivity index (χ0v) is 15.9. The van der Waals surface area contributed by atoms with Crippen molar-refractivity contribution in [2.24, 2.45) is 5.73 Å². The van der Waals surface area contributed by atoms with Crippen molar-refractivity contribution in [1.29, 1.82) is 0 Å². The van der Waals surface area contributed by atoms with Gasteiger partial charge in [-0.05, 0) is 47.4 Å². The average molecular weight is 372 g/mol. The van der Waals surface area contributed by atoms with Gasteiger partial charge in [0.15, 0.2) is 6.61 Å². The molecule has 2 rings (SSSR count). The zero-order chi connectivity index (χ0) is 20.0. The molecule has 0 unspecified atom stereocenters. The summed E-state index contributed by atoms with van der Waals surface area (Å²) in [5.41, 5.74) is 6.86. The van der Waals surface area contributed by atoms with Crippen LogP contribution in [-0.4, -0.2) is 25.0 Å². The monoisotopic (exact) mass is 372 g/mol. The van der Waals surface area contributed by atoms with Gasteiger partial charge in [0.05, 0.1) is 0 Å². The molecule has 0 aliphatic heterocycles. The van der Waals surface area contributed by atoms with E-state index in [1.807, 2.05) is 24.3 Å². The lowest BCUT2D eigenvalue weighted by Gasteiger charge is -2.23. The number of halogens is 1. The molecule has 0 aromatic heterocycles. The molecule has 0 saturated heterocycles. The molecule has 27 heavy (non-hydrogen) atoms. The third-order valence-corrected chi connectivity index (χ3v) is 4.10. The molecule has 2 aromatic carbocycles. The number of amides is 2. The van der Waals surface area contributed by atoms with Crippen LogP contribution in [0, 0.1) is 5.82 Å². The molecule has 0 heterocycles. The molecule has 0 spiro atoms. The van der Waals surface area contributed by atoms with Crippen molar-refractivity contribution in [2.75, 3.05) is 18.1 Å². The number of rotatable bonds is 7. The first-order valence-electron chi connectivity index (χ1n) is 8.74. The number of nitrogens with two attached hydrogens (primary N) is 1. The van der Waals surface area contributed by atoms with E-state index in [1.54, 1.807) is 0 Å². The lowest BCUT2D eigenvalue weighted by atomic mass is 9.87. The van der Waals surface area contributed by atoms with Gasteiger partial charge in [0.2, 0.25) is 5.91 Å². The van der Waals surface area contributed by atoms with Gasteiger partial charge in [-0.2, -0.15) is 0 Å². The van der Waals surface area contributed by atoms with Crippen LogP contribution in [0.2, 0.25) is 0 Å². The van der Waals surface area contributed by atoms with Gasteiger partial charge in [0.1, 0.15) is 11.6 Å². The molecule has 0 radical (unpaired) electrons. The average Bonchev–Trinajstić information content (AvgIpc) is 2.61. The van der Waals surface area contributed by atoms with E-state index in [4.69, 9.17) is 10.5 Å². The number of hydrogen-bond donors (Lipinski definition) is 1. The highest BCUT2D eigenvalue weighted by molar-refractivity contribution is 5.95. The summed E-state index contributed by atoms with van der Waals surface area (Å²) < 4.78 is 18.7. The zero-order valence-electron chi connectivity index (χ0n) is 15.9. The predicted octanol–water partition coefficient (Wildman–Crippen LogP) is 3.41. The molecule has 5 nitrogen and oxygen atoms in total. The first-order chi connectivity index (χ1) is 12.7. The minimum Gasteiger partial charge on any atom is -0.484 e. The maximum atomic E-state index is 13.1. The van der Waals surface area contributed by atoms with E-state index in [-0.39, 0.29) is 30.9 Å². The van der Waals surface area contributed by atoms with Crippen molar-refractivity contribution in [3.63, 3.8) is 0 Å². The topological polar surface area (TPSA) is 72.6 Å². The van der Waals surface area contributed by atoms with Crippen LogP contribution in [0.15, 0.2) is 48.5 Å². The summed E-state index contributed by atoms with van der Waals surface area (Å²) in [6, 6.07) is 13.0. The Morgan fingerprint density at radius 2 is 1.63 bits per heavy atom. The van der Waals surface area contributed by atoms with Gasteiger partial charge in [0.25, 0.3) is 5.91 Å². The Bertz CT molecular complexity index is 781. The highest BCUT2D eigenvalue weighted by Gasteiger charge is 2.18. The number of nitrogens with zero attached hydrogens (tertiary/aromatic N) is 1. The Hall–Kier alpha value is -2.89. The van der Waals surface area contributed by atoms with Gasteiger partial charge in [-0.25, -0.2) is 4.39 Å². The molecule has 2 N–H and O–H groups in total. The van der Waals surface area contributed by atoms with Crippen molar-refractivity contribution in [1.82, 2.24) is 0 Å². The van der Waals surface area contributed by atoms with Crippen molar-refractivity contribution in [3.8, 4) is 5.75 Å². The first-order valence-corrected chi connectivity index (χ1v) is 8.74. The van der Waals surface area contributed by atoms with E-state index in [9.17, 15) is 14.0 Å². The second kappa shape index (κ2) is 8.66. The second-order valence-electron chi connectivity index (χ2n) is 7.30. The van der Waals surface area contributed by atoms with Crippen molar-refractivity contribution >= 4 is 17.5 Å². The van der Waals surface area contributed by atoms with E-state index in [2.05, 4.69) is 20.8 Å². The summed E-state index contributed by atoms with van der Waals surface area (Å²) in [7, 11) is 0. The summed E-state index contributed by atoms with van der Waals surface area (Å²) in [5, 5.41) is 0. The van der Waals surface area contributed by atoms with E-state index in [0.29, 0.717) is 11.4 Å². The maximum absolute atomic E-state index is 13.1. The van der Waals surface area contributed by atoms with E-state index in [1.165, 1.54) is 29.2 Å². The van der Waals surface area contributed by atoms with Crippen LogP contribution in [0.25, 0.3) is 0 Å². The minimum atomic E-state index is -0.520. The van der Waals surface area contributed by atoms with E-state index < -0.39 is 11.7 Å². The van der Waals surface area contributed by atoms with Gasteiger partial charge in [-0.3, -0.25) is 9.59 Å². The van der Waals surface area contributed by atoms with Crippen LogP contribution in [0.3, 0.4) is 0 Å². The Kier molecular flexibility index (Phi) is 6.55. The molecule has 0 bridgehead atoms. The third-order valence-electron chi connectivity index (χ3n) is 4.10. The van der Waals surface area contributed by atoms with Gasteiger partial charge in [-0.1, -0.05) is 32.9 Å². The predicted molar refractivity (Wildman–Crippen MR) is 103 cm³/mol. The highest BCUT2D eigenvalue weighted by Crippen LogP contribution is 2.24. The van der Waals surface area contributed by atoms with Crippen molar-refractivity contribution in [2.45, 2.75) is 32.6 Å². The number of anilines is 1. The standard InChI is InChI=1S/C21H25FN2O3/c1-21(2,3)15-4-10-18(11-5-15)27-14-20(26)24(13-12-19(23)25)17-8-6-16(22)7-9-17/h4-11H,12-14H2,1-3H3,(H2,23,25). The second-order valence-corrected chi connectivity index (χ2v) is 7.30. The van der Waals surface area contributed by atoms with Crippen LogP contribution in [0.4, 0.5) is 10.1 Å². The highest BCUT2D eigenvalue weighted by atomic mass is 19.1. The third kappa shape index (κ3) is 6.09.